The van der Waals surface area contributed by atoms with Crippen LogP contribution in [0.25, 0.3) is 0 Å². The normalized spacial score (nSPS) is 7.27. The molecule has 0 spiro atoms. The van der Waals surface area contributed by atoms with Gasteiger partial charge in [0.1, 0.15) is 0 Å². The molecule has 0 amide bonds. The van der Waals surface area contributed by atoms with Gasteiger partial charge in [0.15, 0.2) is 0 Å². The van der Waals surface area contributed by atoms with Crippen molar-refractivity contribution in [3.8, 4) is 0 Å². The zero-order chi connectivity index (χ0) is 6.69. The summed E-state index contributed by atoms with van der Waals surface area (Å²) in [6.07, 6.45) is 0. The van der Waals surface area contributed by atoms with Gasteiger partial charge in [-0.25, -0.2) is 0 Å². The van der Waals surface area contributed by atoms with Gasteiger partial charge in [-0.3, -0.25) is 0 Å². The Morgan fingerprint density at radius 3 is 1.91 bits per heavy atom. The zero-order valence-corrected chi connectivity index (χ0v) is 9.59. The van der Waals surface area contributed by atoms with Gasteiger partial charge in [-0.15, -0.1) is 4.20 Å². The first-order valence-corrected chi connectivity index (χ1v) is 3.39. The van der Waals surface area contributed by atoms with E-state index in [2.05, 4.69) is 0 Å². The average molecular weight is 213 g/mol. The van der Waals surface area contributed by atoms with E-state index in [0.717, 1.165) is 5.56 Å². The summed E-state index contributed by atoms with van der Waals surface area (Å²) in [6, 6.07) is 9.61. The molecule has 0 heterocycles. The quantitative estimate of drug-likeness (QED) is 0.317. The molecule has 0 radical (unpaired) electrons. The molecule has 4 heteroatoms. The molecule has 0 saturated heterocycles. The van der Waals surface area contributed by atoms with Crippen molar-refractivity contribution in [1.29, 1.82) is 0 Å². The third kappa shape index (κ3) is 4.93. The maximum atomic E-state index is 4.78. The van der Waals surface area contributed by atoms with Crippen LogP contribution in [-0.2, 0) is 12.6 Å². The van der Waals surface area contributed by atoms with Crippen LogP contribution < -0.4 is 12.4 Å². The van der Waals surface area contributed by atoms with Crippen molar-refractivity contribution < 1.29 is 12.4 Å². The Kier molecular flexibility index (Phi) is 9.31. The molecule has 0 saturated carbocycles. The van der Waals surface area contributed by atoms with Crippen molar-refractivity contribution in [3.05, 3.63) is 35.9 Å². The Morgan fingerprint density at radius 1 is 1.18 bits per heavy atom. The number of thiocarbonyl (C=S) groups is 1. The van der Waals surface area contributed by atoms with Crippen molar-refractivity contribution in [2.24, 2.45) is 0 Å². The zero-order valence-electron chi connectivity index (χ0n) is 5.79. The Balaban J connectivity index is 0. The second-order valence-corrected chi connectivity index (χ2v) is 2.73. The molecule has 54 valence electrons. The molecular formula is C7H5ClMgS2. The second kappa shape index (κ2) is 7.25. The smallest absolute Gasteiger partial charge is 1.00 e. The van der Waals surface area contributed by atoms with Gasteiger partial charge >= 0.3 is 23.1 Å². The van der Waals surface area contributed by atoms with Gasteiger partial charge in [-0.1, -0.05) is 30.3 Å². The molecule has 0 aliphatic rings. The van der Waals surface area contributed by atoms with E-state index in [1.807, 2.05) is 30.3 Å². The van der Waals surface area contributed by atoms with Crippen molar-refractivity contribution in [2.75, 3.05) is 0 Å². The maximum Gasteiger partial charge on any atom is 2.00 e. The van der Waals surface area contributed by atoms with E-state index < -0.39 is 0 Å². The first-order chi connectivity index (χ1) is 4.30. The summed E-state index contributed by atoms with van der Waals surface area (Å²) >= 11 is 9.55. The van der Waals surface area contributed by atoms with Gasteiger partial charge in [-0.2, -0.15) is 0 Å². The van der Waals surface area contributed by atoms with E-state index in [-0.39, 0.29) is 35.5 Å². The van der Waals surface area contributed by atoms with Gasteiger partial charge in [0, 0.05) is 0 Å². The van der Waals surface area contributed by atoms with Gasteiger partial charge in [0.2, 0.25) is 0 Å². The molecule has 0 N–H and O–H groups in total. The van der Waals surface area contributed by atoms with Gasteiger partial charge in [-0.05, 0) is 5.56 Å². The largest absolute Gasteiger partial charge is 2.00 e. The summed E-state index contributed by atoms with van der Waals surface area (Å²) in [5.74, 6) is 0. The first-order valence-electron chi connectivity index (χ1n) is 2.57. The summed E-state index contributed by atoms with van der Waals surface area (Å²) in [6.45, 7) is 0. The van der Waals surface area contributed by atoms with Crippen molar-refractivity contribution in [3.63, 3.8) is 0 Å². The van der Waals surface area contributed by atoms with E-state index in [0.29, 0.717) is 4.20 Å². The van der Waals surface area contributed by atoms with Gasteiger partial charge in [0.25, 0.3) is 0 Å². The third-order valence-electron chi connectivity index (χ3n) is 1.01. The number of rotatable bonds is 1. The van der Waals surface area contributed by atoms with Crippen molar-refractivity contribution >= 4 is 52.1 Å². The minimum Gasteiger partial charge on any atom is -1.00 e. The van der Waals surface area contributed by atoms with Crippen LogP contribution in [0.5, 0.6) is 0 Å². The van der Waals surface area contributed by atoms with Crippen LogP contribution in [0.4, 0.5) is 0 Å². The standard InChI is InChI=1S/C7H6S2.ClH.Mg/c8-7(9)6-4-2-1-3-5-6;;/h1-5H,(H,8,9);1H;/q;;+2/p-2. The van der Waals surface area contributed by atoms with Gasteiger partial charge < -0.3 is 37.3 Å². The van der Waals surface area contributed by atoms with Gasteiger partial charge in [0.05, 0.1) is 0 Å². The monoisotopic (exact) mass is 212 g/mol. The fourth-order valence-corrected chi connectivity index (χ4v) is 0.846. The van der Waals surface area contributed by atoms with Crippen LogP contribution in [0.3, 0.4) is 0 Å². The topological polar surface area (TPSA) is 0 Å². The van der Waals surface area contributed by atoms with Crippen LogP contribution in [0, 0.1) is 0 Å². The second-order valence-electron chi connectivity index (χ2n) is 1.65. The molecular weight excluding hydrogens is 208 g/mol. The molecule has 0 atom stereocenters. The molecule has 1 rings (SSSR count). The summed E-state index contributed by atoms with van der Waals surface area (Å²) in [7, 11) is 0. The molecule has 0 aliphatic heterocycles. The van der Waals surface area contributed by atoms with Crippen LogP contribution in [0.2, 0.25) is 0 Å². The van der Waals surface area contributed by atoms with Crippen LogP contribution in [0.1, 0.15) is 5.56 Å². The fourth-order valence-electron chi connectivity index (χ4n) is 0.574. The molecule has 0 aromatic heterocycles. The Morgan fingerprint density at radius 2 is 1.64 bits per heavy atom. The van der Waals surface area contributed by atoms with Crippen LogP contribution in [-0.4, -0.2) is 27.2 Å². The molecule has 0 unspecified atom stereocenters. The molecule has 0 bridgehead atoms. The minimum atomic E-state index is 0. The van der Waals surface area contributed by atoms with Crippen molar-refractivity contribution in [1.82, 2.24) is 0 Å². The van der Waals surface area contributed by atoms with E-state index >= 15 is 0 Å². The summed E-state index contributed by atoms with van der Waals surface area (Å²) in [4.78, 5) is 0. The average Bonchev–Trinajstić information content (AvgIpc) is 1.90. The number of hydrogen-bond acceptors (Lipinski definition) is 2. The molecule has 1 aromatic rings. The Hall–Kier alpha value is 0.586. The molecule has 0 fully saturated rings. The van der Waals surface area contributed by atoms with E-state index in [9.17, 15) is 0 Å². The van der Waals surface area contributed by atoms with E-state index in [4.69, 9.17) is 24.8 Å². The number of halogens is 1. The Bertz CT molecular complexity index is 213. The molecule has 0 nitrogen and oxygen atoms in total. The van der Waals surface area contributed by atoms with Crippen LogP contribution >= 0.6 is 12.2 Å². The summed E-state index contributed by atoms with van der Waals surface area (Å²) in [5, 5.41) is 0. The van der Waals surface area contributed by atoms with Crippen LogP contribution in [0.15, 0.2) is 30.3 Å². The molecule has 0 aliphatic carbocycles. The minimum absolute atomic E-state index is 0. The predicted octanol–water partition coefficient (Wildman–Crippen LogP) is -1.47. The molecule has 11 heavy (non-hydrogen) atoms. The number of benzene rings is 1. The predicted molar refractivity (Wildman–Crippen MR) is 51.3 cm³/mol. The summed E-state index contributed by atoms with van der Waals surface area (Å²) in [5.41, 5.74) is 0.961. The third-order valence-corrected chi connectivity index (χ3v) is 1.48. The summed E-state index contributed by atoms with van der Waals surface area (Å²) < 4.78 is 0.538. The Labute approximate surface area is 99.7 Å². The SMILES string of the molecule is S=C([S-])c1ccccc1.[Cl-].[Mg+2]. The molecule has 1 aromatic carbocycles. The fraction of sp³-hybridized carbons (Fsp3) is 0. The number of hydrogen-bond donors (Lipinski definition) is 0. The van der Waals surface area contributed by atoms with E-state index in [1.165, 1.54) is 0 Å². The maximum absolute atomic E-state index is 4.78. The van der Waals surface area contributed by atoms with E-state index in [1.54, 1.807) is 0 Å². The first kappa shape index (κ1) is 14.1. The van der Waals surface area contributed by atoms with Crippen molar-refractivity contribution in [2.45, 2.75) is 0 Å².